The number of nitrogens with zero attached hydrogens (tertiary/aromatic N) is 4. The molecular weight excluding hydrogens is 268 g/mol. The van der Waals surface area contributed by atoms with Gasteiger partial charge in [-0.15, -0.1) is 11.6 Å². The largest absolute Gasteiger partial charge is 0.270 e. The molecule has 7 heteroatoms. The Labute approximate surface area is 114 Å². The monoisotopic (exact) mass is 278 g/mol. The van der Waals surface area contributed by atoms with Crippen LogP contribution in [-0.4, -0.2) is 25.6 Å². The molecule has 2 aromatic rings. The molecular formula is C12H11ClN4O2. The van der Waals surface area contributed by atoms with Crippen LogP contribution in [0.5, 0.6) is 0 Å². The van der Waals surface area contributed by atoms with Crippen molar-refractivity contribution in [1.29, 1.82) is 0 Å². The van der Waals surface area contributed by atoms with E-state index in [2.05, 4.69) is 10.1 Å². The average Bonchev–Trinajstić information content (AvgIpc) is 2.88. The van der Waals surface area contributed by atoms with Crippen LogP contribution in [0.3, 0.4) is 0 Å². The van der Waals surface area contributed by atoms with Gasteiger partial charge in [0.05, 0.1) is 11.5 Å². The molecule has 0 aliphatic rings. The van der Waals surface area contributed by atoms with Crippen molar-refractivity contribution in [2.75, 3.05) is 5.88 Å². The van der Waals surface area contributed by atoms with Crippen LogP contribution in [0.1, 0.15) is 0 Å². The fourth-order valence-corrected chi connectivity index (χ4v) is 1.64. The van der Waals surface area contributed by atoms with Gasteiger partial charge < -0.3 is 0 Å². The minimum absolute atomic E-state index is 0.0240. The Hall–Kier alpha value is -2.21. The van der Waals surface area contributed by atoms with Crippen molar-refractivity contribution in [1.82, 2.24) is 14.8 Å². The zero-order valence-electron chi connectivity index (χ0n) is 9.94. The molecule has 0 N–H and O–H groups in total. The molecule has 6 nitrogen and oxygen atoms in total. The molecule has 0 saturated heterocycles. The van der Waals surface area contributed by atoms with E-state index in [0.29, 0.717) is 23.8 Å². The van der Waals surface area contributed by atoms with Crippen molar-refractivity contribution in [2.24, 2.45) is 0 Å². The second kappa shape index (κ2) is 6.10. The van der Waals surface area contributed by atoms with Crippen molar-refractivity contribution in [2.45, 2.75) is 6.54 Å². The summed E-state index contributed by atoms with van der Waals surface area (Å²) in [5.41, 5.74) is 0.644. The summed E-state index contributed by atoms with van der Waals surface area (Å²) < 4.78 is 1.64. The van der Waals surface area contributed by atoms with E-state index in [9.17, 15) is 10.1 Å². The smallest absolute Gasteiger partial charge is 0.258 e. The lowest BCUT2D eigenvalue weighted by Gasteiger charge is -1.96. The van der Waals surface area contributed by atoms with Gasteiger partial charge in [0.2, 0.25) is 0 Å². The number of aromatic nitrogens is 3. The Morgan fingerprint density at radius 3 is 3.00 bits per heavy atom. The highest BCUT2D eigenvalue weighted by molar-refractivity contribution is 6.18. The Balaban J connectivity index is 2.20. The topological polar surface area (TPSA) is 73.8 Å². The van der Waals surface area contributed by atoms with E-state index in [1.807, 2.05) is 12.2 Å². The van der Waals surface area contributed by atoms with Crippen molar-refractivity contribution in [3.8, 4) is 11.4 Å². The van der Waals surface area contributed by atoms with Gasteiger partial charge in [0.1, 0.15) is 6.33 Å². The molecule has 0 aliphatic carbocycles. The van der Waals surface area contributed by atoms with Crippen LogP contribution < -0.4 is 0 Å². The van der Waals surface area contributed by atoms with Crippen molar-refractivity contribution >= 4 is 17.3 Å². The highest BCUT2D eigenvalue weighted by atomic mass is 35.5. The van der Waals surface area contributed by atoms with E-state index in [1.165, 1.54) is 12.1 Å². The Kier molecular flexibility index (Phi) is 4.25. The third-order valence-electron chi connectivity index (χ3n) is 2.40. The summed E-state index contributed by atoms with van der Waals surface area (Å²) in [5, 5.41) is 14.9. The summed E-state index contributed by atoms with van der Waals surface area (Å²) in [6, 6.07) is 6.24. The molecule has 0 bridgehead atoms. The Bertz CT molecular complexity index is 609. The molecule has 0 atom stereocenters. The summed E-state index contributed by atoms with van der Waals surface area (Å²) in [6.45, 7) is 0.564. The van der Waals surface area contributed by atoms with Gasteiger partial charge in [-0.3, -0.25) is 10.1 Å². The van der Waals surface area contributed by atoms with Gasteiger partial charge in [0.15, 0.2) is 5.82 Å². The third kappa shape index (κ3) is 3.38. The first-order valence-corrected chi connectivity index (χ1v) is 6.09. The first-order valence-electron chi connectivity index (χ1n) is 5.56. The van der Waals surface area contributed by atoms with E-state index in [-0.39, 0.29) is 5.69 Å². The molecule has 2 rings (SSSR count). The summed E-state index contributed by atoms with van der Waals surface area (Å²) in [6.07, 6.45) is 5.27. The Morgan fingerprint density at radius 2 is 2.26 bits per heavy atom. The van der Waals surface area contributed by atoms with Gasteiger partial charge in [-0.2, -0.15) is 5.10 Å². The number of hydrogen-bond donors (Lipinski definition) is 0. The first kappa shape index (κ1) is 13.2. The number of hydrogen-bond acceptors (Lipinski definition) is 4. The number of nitro benzene ring substituents is 1. The van der Waals surface area contributed by atoms with Crippen LogP contribution in [0.25, 0.3) is 11.4 Å². The Morgan fingerprint density at radius 1 is 1.42 bits per heavy atom. The van der Waals surface area contributed by atoms with E-state index in [4.69, 9.17) is 11.6 Å². The van der Waals surface area contributed by atoms with E-state index in [1.54, 1.807) is 23.1 Å². The van der Waals surface area contributed by atoms with Crippen molar-refractivity contribution < 1.29 is 4.92 Å². The van der Waals surface area contributed by atoms with Crippen LogP contribution in [0.15, 0.2) is 42.7 Å². The maximum Gasteiger partial charge on any atom is 0.270 e. The maximum absolute atomic E-state index is 10.7. The molecule has 0 aliphatic heterocycles. The van der Waals surface area contributed by atoms with Crippen molar-refractivity contribution in [3.05, 3.63) is 52.9 Å². The predicted molar refractivity (Wildman–Crippen MR) is 72.0 cm³/mol. The molecule has 0 spiro atoms. The molecule has 0 saturated carbocycles. The van der Waals surface area contributed by atoms with Crippen LogP contribution in [0.4, 0.5) is 5.69 Å². The number of allylic oxidation sites excluding steroid dienone is 2. The quantitative estimate of drug-likeness (QED) is 0.365. The molecule has 0 unspecified atom stereocenters. The zero-order chi connectivity index (χ0) is 13.7. The van der Waals surface area contributed by atoms with Crippen LogP contribution >= 0.6 is 11.6 Å². The lowest BCUT2D eigenvalue weighted by Crippen LogP contribution is -1.96. The molecule has 0 radical (unpaired) electrons. The molecule has 0 amide bonds. The van der Waals surface area contributed by atoms with Gasteiger partial charge in [-0.1, -0.05) is 24.3 Å². The summed E-state index contributed by atoms with van der Waals surface area (Å²) in [5.74, 6) is 0.912. The second-order valence-electron chi connectivity index (χ2n) is 3.72. The summed E-state index contributed by atoms with van der Waals surface area (Å²) in [4.78, 5) is 14.4. The lowest BCUT2D eigenvalue weighted by molar-refractivity contribution is -0.384. The fourth-order valence-electron chi connectivity index (χ4n) is 1.52. The minimum Gasteiger partial charge on any atom is -0.258 e. The number of rotatable bonds is 5. The molecule has 0 fully saturated rings. The molecule has 1 heterocycles. The summed E-state index contributed by atoms with van der Waals surface area (Å²) >= 11 is 5.52. The summed E-state index contributed by atoms with van der Waals surface area (Å²) in [7, 11) is 0. The SMILES string of the molecule is O=[N+]([O-])c1cccc(-c2ncn(C/C=C/CCl)n2)c1. The third-order valence-corrected chi connectivity index (χ3v) is 2.58. The van der Waals surface area contributed by atoms with Gasteiger partial charge in [-0.05, 0) is 0 Å². The second-order valence-corrected chi connectivity index (χ2v) is 4.03. The van der Waals surface area contributed by atoms with Gasteiger partial charge >= 0.3 is 0 Å². The molecule has 19 heavy (non-hydrogen) atoms. The number of nitro groups is 1. The fraction of sp³-hybridized carbons (Fsp3) is 0.167. The van der Waals surface area contributed by atoms with Gasteiger partial charge in [0.25, 0.3) is 5.69 Å². The van der Waals surface area contributed by atoms with Gasteiger partial charge in [0, 0.05) is 23.6 Å². The normalized spacial score (nSPS) is 11.0. The minimum atomic E-state index is -0.441. The number of alkyl halides is 1. The lowest BCUT2D eigenvalue weighted by atomic mass is 10.2. The van der Waals surface area contributed by atoms with Crippen LogP contribution in [0.2, 0.25) is 0 Å². The molecule has 1 aromatic carbocycles. The molecule has 98 valence electrons. The van der Waals surface area contributed by atoms with Crippen molar-refractivity contribution in [3.63, 3.8) is 0 Å². The van der Waals surface area contributed by atoms with E-state index in [0.717, 1.165) is 0 Å². The highest BCUT2D eigenvalue weighted by Crippen LogP contribution is 2.20. The number of benzene rings is 1. The highest BCUT2D eigenvalue weighted by Gasteiger charge is 2.09. The van der Waals surface area contributed by atoms with E-state index < -0.39 is 4.92 Å². The maximum atomic E-state index is 10.7. The number of halogens is 1. The average molecular weight is 279 g/mol. The van der Waals surface area contributed by atoms with Crippen LogP contribution in [0, 0.1) is 10.1 Å². The first-order chi connectivity index (χ1) is 9.20. The zero-order valence-corrected chi connectivity index (χ0v) is 10.7. The van der Waals surface area contributed by atoms with E-state index >= 15 is 0 Å². The molecule has 1 aromatic heterocycles. The predicted octanol–water partition coefficient (Wildman–Crippen LogP) is 2.65. The number of non-ortho nitro benzene ring substituents is 1. The standard InChI is InChI=1S/C12H11ClN4O2/c13-6-1-2-7-16-9-14-12(15-16)10-4-3-5-11(8-10)17(18)19/h1-5,8-9H,6-7H2/b2-1+. The van der Waals surface area contributed by atoms with Gasteiger partial charge in [-0.25, -0.2) is 9.67 Å². The van der Waals surface area contributed by atoms with Crippen LogP contribution in [-0.2, 0) is 6.54 Å².